The molecule has 1 spiro atoms. The van der Waals surface area contributed by atoms with Gasteiger partial charge in [-0.1, -0.05) is 100.0 Å². The van der Waals surface area contributed by atoms with Gasteiger partial charge in [0.2, 0.25) is 10.0 Å². The molecule has 10 rings (SSSR count). The third-order valence-electron chi connectivity index (χ3n) is 17.7. The van der Waals surface area contributed by atoms with Crippen LogP contribution < -0.4 is 24.0 Å². The number of fused-ring (bicyclic) bond motifs is 8. The SMILES string of the molecule is COc1ccc(C(OCCN2c3cc4c(cc3C(C)(C)C2C)C2(c3cc5c(cc3O4)N(CCOP(OCCC#N)N(C(C)C)C(C)C)C(C)C5(C)C)c3ccc(Cl)cc3S(=O)(=O)N2C)(c2ccccc2)c2ccc(OC)cc2)cc1. The molecule has 13 nitrogen and oxygen atoms in total. The van der Waals surface area contributed by atoms with Crippen molar-refractivity contribution >= 4 is 41.5 Å². The summed E-state index contributed by atoms with van der Waals surface area (Å²) in [6.45, 7) is 24.1. The van der Waals surface area contributed by atoms with Crippen LogP contribution in [0.15, 0.2) is 126 Å². The molecule has 4 unspecified atom stereocenters. The van der Waals surface area contributed by atoms with Gasteiger partial charge in [0.15, 0.2) is 0 Å². The molecule has 0 saturated carbocycles. The quantitative estimate of drug-likeness (QED) is 0.0435. The molecule has 0 amide bonds. The molecule has 422 valence electrons. The lowest BCUT2D eigenvalue weighted by Gasteiger charge is -2.42. The molecule has 4 heterocycles. The van der Waals surface area contributed by atoms with Crippen LogP contribution in [0.5, 0.6) is 23.0 Å². The third-order valence-corrected chi connectivity index (χ3v) is 21.9. The van der Waals surface area contributed by atoms with Crippen molar-refractivity contribution in [3.05, 3.63) is 171 Å². The first-order valence-corrected chi connectivity index (χ1v) is 30.6. The van der Waals surface area contributed by atoms with Crippen LogP contribution in [0.25, 0.3) is 0 Å². The number of benzene rings is 6. The Bertz CT molecular complexity index is 3370. The lowest BCUT2D eigenvalue weighted by molar-refractivity contribution is 0.0165. The highest BCUT2D eigenvalue weighted by Gasteiger charge is 2.60. The van der Waals surface area contributed by atoms with E-state index in [0.717, 1.165) is 61.8 Å². The molecule has 4 aliphatic rings. The van der Waals surface area contributed by atoms with Gasteiger partial charge >= 0.3 is 0 Å². The summed E-state index contributed by atoms with van der Waals surface area (Å²) in [5.41, 5.74) is 5.99. The first kappa shape index (κ1) is 57.5. The van der Waals surface area contributed by atoms with E-state index >= 15 is 8.42 Å². The number of anilines is 2. The van der Waals surface area contributed by atoms with Gasteiger partial charge < -0.3 is 37.8 Å². The second-order valence-corrected chi connectivity index (χ2v) is 26.9. The normalized spacial score (nSPS) is 20.6. The van der Waals surface area contributed by atoms with Crippen LogP contribution in [0, 0.1) is 11.3 Å². The van der Waals surface area contributed by atoms with Crippen molar-refractivity contribution in [1.29, 1.82) is 5.26 Å². The van der Waals surface area contributed by atoms with Gasteiger partial charge in [-0.05, 0) is 118 Å². The maximum Gasteiger partial charge on any atom is 0.259 e. The Hall–Kier alpha value is -5.72. The number of methoxy groups -OCH3 is 2. The molecule has 0 radical (unpaired) electrons. The second-order valence-electron chi connectivity index (χ2n) is 23.1. The van der Waals surface area contributed by atoms with Gasteiger partial charge in [-0.25, -0.2) is 13.1 Å². The van der Waals surface area contributed by atoms with Gasteiger partial charge in [0, 0.05) is 100 Å². The van der Waals surface area contributed by atoms with Gasteiger partial charge in [-0.15, -0.1) is 0 Å². The topological polar surface area (TPSA) is 126 Å². The molecule has 6 aromatic carbocycles. The molecule has 6 aromatic rings. The first-order chi connectivity index (χ1) is 38.1. The lowest BCUT2D eigenvalue weighted by Crippen LogP contribution is -2.45. The number of sulfonamides is 1. The largest absolute Gasteiger partial charge is 0.497 e. The fourth-order valence-electron chi connectivity index (χ4n) is 13.0. The van der Waals surface area contributed by atoms with Crippen molar-refractivity contribution in [2.24, 2.45) is 0 Å². The van der Waals surface area contributed by atoms with E-state index in [0.29, 0.717) is 48.4 Å². The predicted molar refractivity (Wildman–Crippen MR) is 318 cm³/mol. The number of nitriles is 1. The molecule has 0 aliphatic carbocycles. The van der Waals surface area contributed by atoms with Crippen molar-refractivity contribution in [2.75, 3.05) is 64.0 Å². The van der Waals surface area contributed by atoms with E-state index in [1.54, 1.807) is 37.7 Å². The van der Waals surface area contributed by atoms with Crippen LogP contribution in [0.3, 0.4) is 0 Å². The maximum absolute atomic E-state index is 15.1. The molecular formula is C64H75ClN5O8PS. The van der Waals surface area contributed by atoms with E-state index < -0.39 is 35.1 Å². The Morgan fingerprint density at radius 2 is 1.16 bits per heavy atom. The van der Waals surface area contributed by atoms with Crippen molar-refractivity contribution < 1.29 is 36.4 Å². The molecular weight excluding hydrogens is 1070 g/mol. The van der Waals surface area contributed by atoms with Crippen molar-refractivity contribution in [1.82, 2.24) is 8.98 Å². The molecule has 80 heavy (non-hydrogen) atoms. The first-order valence-electron chi connectivity index (χ1n) is 27.7. The van der Waals surface area contributed by atoms with E-state index in [1.807, 2.05) is 48.5 Å². The van der Waals surface area contributed by atoms with E-state index in [1.165, 1.54) is 0 Å². The van der Waals surface area contributed by atoms with Crippen molar-refractivity contribution in [3.8, 4) is 29.1 Å². The number of halogens is 1. The lowest BCUT2D eigenvalue weighted by atomic mass is 9.71. The zero-order valence-corrected chi connectivity index (χ0v) is 50.8. The number of ether oxygens (including phenoxy) is 4. The number of hydrogen-bond acceptors (Lipinski definition) is 12. The fraction of sp³-hybridized carbons (Fsp3) is 0.422. The monoisotopic (exact) mass is 1140 g/mol. The zero-order chi connectivity index (χ0) is 57.3. The summed E-state index contributed by atoms with van der Waals surface area (Å²) >= 11 is 6.69. The standard InChI is InChI=1S/C64H75ClN5O8PS/c1-41(2)70(42(3)4)79(76-33-17-30-66)77-35-32-69-44(6)62(9,10)53-38-55-59(40-57(53)69)78-58-39-56-52(37-54(58)63(55)51-29-24-48(65)36-60(51)80(71,72)67(63)11)61(7,8)43(5)68(56)31-34-75-64(45-18-15-14-16-19-45,46-20-25-49(73-12)26-21-46)47-22-27-50(74-13)28-23-47/h14-16,18-29,36-44H,17,31-35H2,1-13H3. The fourth-order valence-corrected chi connectivity index (χ4v) is 16.5. The Balaban J connectivity index is 1.07. The molecule has 4 atom stereocenters. The summed E-state index contributed by atoms with van der Waals surface area (Å²) in [4.78, 5) is 4.96. The van der Waals surface area contributed by atoms with Crippen LogP contribution in [0.1, 0.15) is 120 Å². The highest BCUT2D eigenvalue weighted by Crippen LogP contribution is 2.63. The maximum atomic E-state index is 15.1. The molecule has 0 aromatic heterocycles. The Labute approximate surface area is 480 Å². The van der Waals surface area contributed by atoms with Crippen molar-refractivity contribution in [2.45, 2.75) is 127 Å². The van der Waals surface area contributed by atoms with E-state index in [-0.39, 0.29) is 47.5 Å². The molecule has 0 saturated heterocycles. The highest BCUT2D eigenvalue weighted by atomic mass is 35.5. The summed E-state index contributed by atoms with van der Waals surface area (Å²) in [5, 5.41) is 9.69. The number of nitrogens with zero attached hydrogens (tertiary/aromatic N) is 5. The average molecular weight is 1140 g/mol. The van der Waals surface area contributed by atoms with Gasteiger partial charge in [0.1, 0.15) is 34.1 Å². The molecule has 0 bridgehead atoms. The zero-order valence-electron chi connectivity index (χ0n) is 48.3. The Morgan fingerprint density at radius 1 is 0.675 bits per heavy atom. The van der Waals surface area contributed by atoms with Gasteiger partial charge in [0.25, 0.3) is 8.53 Å². The minimum Gasteiger partial charge on any atom is -0.497 e. The van der Waals surface area contributed by atoms with Crippen LogP contribution >= 0.6 is 20.1 Å². The minimum atomic E-state index is -4.09. The summed E-state index contributed by atoms with van der Waals surface area (Å²) < 4.78 is 72.9. The van der Waals surface area contributed by atoms with E-state index in [2.05, 4.69) is 150 Å². The summed E-state index contributed by atoms with van der Waals surface area (Å²) in [5.74, 6) is 2.62. The van der Waals surface area contributed by atoms with Gasteiger partial charge in [-0.2, -0.15) is 9.57 Å². The third kappa shape index (κ3) is 9.25. The predicted octanol–water partition coefficient (Wildman–Crippen LogP) is 13.7. The second kappa shape index (κ2) is 21.9. The molecule has 16 heteroatoms. The smallest absolute Gasteiger partial charge is 0.259 e. The van der Waals surface area contributed by atoms with Crippen LogP contribution in [0.2, 0.25) is 5.02 Å². The number of hydrogen-bond donors (Lipinski definition) is 0. The minimum absolute atomic E-state index is 0.0136. The highest BCUT2D eigenvalue weighted by molar-refractivity contribution is 7.89. The summed E-state index contributed by atoms with van der Waals surface area (Å²) in [6.07, 6.45) is 0.277. The van der Waals surface area contributed by atoms with E-state index in [4.69, 9.17) is 39.6 Å². The average Bonchev–Trinajstić information content (AvgIpc) is 3.00. The van der Waals surface area contributed by atoms with Crippen LogP contribution in [-0.2, 0) is 45.8 Å². The van der Waals surface area contributed by atoms with E-state index in [9.17, 15) is 5.26 Å². The van der Waals surface area contributed by atoms with Crippen LogP contribution in [-0.4, -0.2) is 95.7 Å². The molecule has 4 aliphatic heterocycles. The summed E-state index contributed by atoms with van der Waals surface area (Å²) in [7, 11) is -0.512. The Morgan fingerprint density at radius 3 is 1.65 bits per heavy atom. The molecule has 0 fully saturated rings. The van der Waals surface area contributed by atoms with Gasteiger partial charge in [0.05, 0.1) is 51.4 Å². The Kier molecular flexibility index (Phi) is 15.7. The van der Waals surface area contributed by atoms with Gasteiger partial charge in [-0.3, -0.25) is 0 Å². The summed E-state index contributed by atoms with van der Waals surface area (Å²) in [6, 6.07) is 42.9. The van der Waals surface area contributed by atoms with Crippen molar-refractivity contribution in [3.63, 3.8) is 0 Å². The van der Waals surface area contributed by atoms with Crippen LogP contribution in [0.4, 0.5) is 11.4 Å². The number of rotatable bonds is 19. The molecule has 0 N–H and O–H groups in total.